The molecule has 4 rings (SSSR count). The highest BCUT2D eigenvalue weighted by molar-refractivity contribution is 6.32. The SMILES string of the molecule is CCOC(=O)C(=O)N(Cc1ccccc1)Cc1cccc(C)n1.Cc1cccc(CNCc2ccccc2)n1. The highest BCUT2D eigenvalue weighted by Gasteiger charge is 2.24. The number of carbonyl (C=O) groups is 2. The van der Waals surface area contributed by atoms with Gasteiger partial charge in [-0.25, -0.2) is 4.79 Å². The average Bonchev–Trinajstić information content (AvgIpc) is 2.94. The van der Waals surface area contributed by atoms with Crippen molar-refractivity contribution in [1.29, 1.82) is 0 Å². The number of ether oxygens (including phenoxy) is 1. The number of carbonyl (C=O) groups excluding carboxylic acids is 2. The number of esters is 1. The molecule has 0 unspecified atom stereocenters. The summed E-state index contributed by atoms with van der Waals surface area (Å²) in [7, 11) is 0. The van der Waals surface area contributed by atoms with Crippen molar-refractivity contribution in [3.05, 3.63) is 131 Å². The fourth-order valence-corrected chi connectivity index (χ4v) is 3.84. The molecule has 0 atom stereocenters. The molecule has 2 aromatic carbocycles. The van der Waals surface area contributed by atoms with E-state index in [9.17, 15) is 9.59 Å². The van der Waals surface area contributed by atoms with Gasteiger partial charge in [0.15, 0.2) is 0 Å². The summed E-state index contributed by atoms with van der Waals surface area (Å²) in [5, 5.41) is 3.38. The molecule has 2 heterocycles. The molecule has 0 aliphatic rings. The zero-order chi connectivity index (χ0) is 27.9. The lowest BCUT2D eigenvalue weighted by Crippen LogP contribution is -2.37. The summed E-state index contributed by atoms with van der Waals surface area (Å²) >= 11 is 0. The minimum absolute atomic E-state index is 0.173. The Balaban J connectivity index is 0.000000230. The molecule has 0 radical (unpaired) electrons. The molecule has 0 bridgehead atoms. The van der Waals surface area contributed by atoms with Gasteiger partial charge < -0.3 is 15.0 Å². The summed E-state index contributed by atoms with van der Waals surface area (Å²) in [6.07, 6.45) is 0. The predicted octanol–water partition coefficient (Wildman–Crippen LogP) is 5.16. The third-order valence-corrected chi connectivity index (χ3v) is 5.68. The van der Waals surface area contributed by atoms with E-state index in [2.05, 4.69) is 39.6 Å². The number of nitrogens with zero attached hydrogens (tertiary/aromatic N) is 3. The van der Waals surface area contributed by atoms with Gasteiger partial charge in [0.05, 0.1) is 24.5 Å². The van der Waals surface area contributed by atoms with Crippen molar-refractivity contribution >= 4 is 11.9 Å². The van der Waals surface area contributed by atoms with Crippen LogP contribution in [0.4, 0.5) is 0 Å². The summed E-state index contributed by atoms with van der Waals surface area (Å²) in [6.45, 7) is 8.04. The highest BCUT2D eigenvalue weighted by atomic mass is 16.5. The number of aryl methyl sites for hydroxylation is 2. The summed E-state index contributed by atoms with van der Waals surface area (Å²) in [4.78, 5) is 34.4. The third-order valence-electron chi connectivity index (χ3n) is 5.68. The molecule has 0 aliphatic heterocycles. The Morgan fingerprint density at radius 1 is 0.692 bits per heavy atom. The normalized spacial score (nSPS) is 10.2. The quantitative estimate of drug-likeness (QED) is 0.240. The van der Waals surface area contributed by atoms with Crippen LogP contribution in [-0.2, 0) is 40.5 Å². The summed E-state index contributed by atoms with van der Waals surface area (Å²) in [5.41, 5.74) is 6.01. The monoisotopic (exact) mass is 524 g/mol. The molecule has 2 aromatic heterocycles. The summed E-state index contributed by atoms with van der Waals surface area (Å²) in [6, 6.07) is 31.6. The maximum absolute atomic E-state index is 12.4. The van der Waals surface area contributed by atoms with Gasteiger partial charge in [-0.05, 0) is 56.2 Å². The Morgan fingerprint density at radius 3 is 1.85 bits per heavy atom. The van der Waals surface area contributed by atoms with Crippen molar-refractivity contribution in [1.82, 2.24) is 20.2 Å². The fourth-order valence-electron chi connectivity index (χ4n) is 3.84. The van der Waals surface area contributed by atoms with Crippen LogP contribution in [0.5, 0.6) is 0 Å². The number of amides is 1. The molecule has 0 aliphatic carbocycles. The average molecular weight is 525 g/mol. The molecular formula is C32H36N4O3. The van der Waals surface area contributed by atoms with Crippen LogP contribution in [-0.4, -0.2) is 33.4 Å². The number of pyridine rings is 2. The molecule has 0 saturated heterocycles. The molecule has 1 N–H and O–H groups in total. The minimum Gasteiger partial charge on any atom is -0.459 e. The van der Waals surface area contributed by atoms with Crippen LogP contribution in [0.3, 0.4) is 0 Å². The van der Waals surface area contributed by atoms with E-state index in [1.807, 2.05) is 86.6 Å². The first-order valence-electron chi connectivity index (χ1n) is 13.0. The smallest absolute Gasteiger partial charge is 0.397 e. The molecule has 7 nitrogen and oxygen atoms in total. The van der Waals surface area contributed by atoms with Gasteiger partial charge in [-0.2, -0.15) is 0 Å². The Bertz CT molecular complexity index is 1310. The van der Waals surface area contributed by atoms with Crippen LogP contribution in [0.25, 0.3) is 0 Å². The molecule has 4 aromatic rings. The van der Waals surface area contributed by atoms with E-state index in [1.165, 1.54) is 10.5 Å². The molecule has 202 valence electrons. The summed E-state index contributed by atoms with van der Waals surface area (Å²) in [5.74, 6) is -1.49. The van der Waals surface area contributed by atoms with E-state index in [0.29, 0.717) is 6.54 Å². The number of benzene rings is 2. The standard InChI is InChI=1S/C18H20N2O3.C14H16N2/c1-3-23-18(22)17(21)20(12-15-9-5-4-6-10-15)13-16-11-7-8-14(2)19-16;1-12-6-5-9-14(16-12)11-15-10-13-7-3-2-4-8-13/h4-11H,3,12-13H2,1-2H3;2-9,15H,10-11H2,1H3. The van der Waals surface area contributed by atoms with Gasteiger partial charge in [0.2, 0.25) is 0 Å². The number of hydrogen-bond donors (Lipinski definition) is 1. The molecule has 7 heteroatoms. The van der Waals surface area contributed by atoms with E-state index in [4.69, 9.17) is 4.74 Å². The lowest BCUT2D eigenvalue weighted by molar-refractivity contribution is -0.160. The van der Waals surface area contributed by atoms with Crippen LogP contribution in [0.15, 0.2) is 97.1 Å². The largest absolute Gasteiger partial charge is 0.459 e. The first-order chi connectivity index (χ1) is 18.9. The Kier molecular flexibility index (Phi) is 11.8. The van der Waals surface area contributed by atoms with Crippen molar-refractivity contribution < 1.29 is 14.3 Å². The first-order valence-corrected chi connectivity index (χ1v) is 13.0. The van der Waals surface area contributed by atoms with Gasteiger partial charge in [0, 0.05) is 31.0 Å². The molecule has 1 amide bonds. The second-order valence-corrected chi connectivity index (χ2v) is 9.00. The Morgan fingerprint density at radius 2 is 1.26 bits per heavy atom. The van der Waals surface area contributed by atoms with Gasteiger partial charge in [0.1, 0.15) is 0 Å². The Labute approximate surface area is 230 Å². The number of rotatable bonds is 9. The van der Waals surface area contributed by atoms with Gasteiger partial charge in [-0.15, -0.1) is 0 Å². The number of aromatic nitrogens is 2. The van der Waals surface area contributed by atoms with Crippen molar-refractivity contribution in [2.24, 2.45) is 0 Å². The maximum atomic E-state index is 12.4. The van der Waals surface area contributed by atoms with Gasteiger partial charge >= 0.3 is 11.9 Å². The minimum atomic E-state index is -0.837. The lowest BCUT2D eigenvalue weighted by atomic mass is 10.2. The van der Waals surface area contributed by atoms with E-state index < -0.39 is 11.9 Å². The Hall–Kier alpha value is -4.36. The second-order valence-electron chi connectivity index (χ2n) is 9.00. The zero-order valence-electron chi connectivity index (χ0n) is 22.8. The highest BCUT2D eigenvalue weighted by Crippen LogP contribution is 2.10. The van der Waals surface area contributed by atoms with Crippen LogP contribution in [0.2, 0.25) is 0 Å². The molecule has 0 spiro atoms. The zero-order valence-corrected chi connectivity index (χ0v) is 22.8. The molecule has 0 saturated carbocycles. The molecule has 0 fully saturated rings. The lowest BCUT2D eigenvalue weighted by Gasteiger charge is -2.21. The van der Waals surface area contributed by atoms with Crippen LogP contribution in [0.1, 0.15) is 40.8 Å². The second kappa shape index (κ2) is 15.8. The van der Waals surface area contributed by atoms with E-state index in [0.717, 1.165) is 41.4 Å². The van der Waals surface area contributed by atoms with Crippen molar-refractivity contribution in [3.63, 3.8) is 0 Å². The maximum Gasteiger partial charge on any atom is 0.397 e. The van der Waals surface area contributed by atoms with Crippen LogP contribution < -0.4 is 5.32 Å². The van der Waals surface area contributed by atoms with Gasteiger partial charge in [-0.3, -0.25) is 14.8 Å². The van der Waals surface area contributed by atoms with Crippen molar-refractivity contribution in [2.75, 3.05) is 6.61 Å². The van der Waals surface area contributed by atoms with Gasteiger partial charge in [0.25, 0.3) is 0 Å². The van der Waals surface area contributed by atoms with Gasteiger partial charge in [-0.1, -0.05) is 72.8 Å². The van der Waals surface area contributed by atoms with E-state index in [1.54, 1.807) is 6.92 Å². The van der Waals surface area contributed by atoms with E-state index >= 15 is 0 Å². The van der Waals surface area contributed by atoms with Crippen molar-refractivity contribution in [3.8, 4) is 0 Å². The van der Waals surface area contributed by atoms with E-state index in [-0.39, 0.29) is 13.2 Å². The topological polar surface area (TPSA) is 84.4 Å². The number of hydrogen-bond acceptors (Lipinski definition) is 6. The molecule has 39 heavy (non-hydrogen) atoms. The van der Waals surface area contributed by atoms with Crippen LogP contribution in [0, 0.1) is 13.8 Å². The first kappa shape index (κ1) is 29.2. The fraction of sp³-hybridized carbons (Fsp3) is 0.250. The third kappa shape index (κ3) is 10.5. The van der Waals surface area contributed by atoms with Crippen molar-refractivity contribution in [2.45, 2.75) is 47.0 Å². The molecular weight excluding hydrogens is 488 g/mol. The predicted molar refractivity (Wildman–Crippen MR) is 152 cm³/mol. The summed E-state index contributed by atoms with van der Waals surface area (Å²) < 4.78 is 4.83. The van der Waals surface area contributed by atoms with Crippen LogP contribution >= 0.6 is 0 Å². The number of nitrogens with one attached hydrogen (secondary N) is 1.